The third kappa shape index (κ3) is 4.92. The van der Waals surface area contributed by atoms with Crippen molar-refractivity contribution < 1.29 is 27.3 Å². The van der Waals surface area contributed by atoms with Crippen molar-refractivity contribution in [3.63, 3.8) is 0 Å². The van der Waals surface area contributed by atoms with Crippen LogP contribution in [-0.4, -0.2) is 47.8 Å². The van der Waals surface area contributed by atoms with Gasteiger partial charge in [0.05, 0.1) is 45.8 Å². The van der Waals surface area contributed by atoms with Crippen molar-refractivity contribution in [1.82, 2.24) is 14.9 Å². The number of fused-ring (bicyclic) bond motifs is 2. The van der Waals surface area contributed by atoms with Gasteiger partial charge in [0.15, 0.2) is 0 Å². The number of pyridine rings is 1. The maximum Gasteiger partial charge on any atom is 0.283 e. The number of carbonyl (C=O) groups excluding carboxylic acids is 2. The molecule has 1 aliphatic heterocycles. The van der Waals surface area contributed by atoms with E-state index in [1.807, 2.05) is 0 Å². The molecule has 3 aromatic rings. The van der Waals surface area contributed by atoms with E-state index in [1.165, 1.54) is 12.3 Å². The van der Waals surface area contributed by atoms with Gasteiger partial charge in [-0.3, -0.25) is 9.59 Å². The summed E-state index contributed by atoms with van der Waals surface area (Å²) >= 11 is 12.9. The highest BCUT2D eigenvalue weighted by molar-refractivity contribution is 7.91. The number of benzene rings is 1. The molecule has 0 spiro atoms. The standard InChI is InChI=1S/C28H26Cl2N4O6S/c29-20-2-1-3-21(30)24(20)25-19(26(40-32-25)14-4-5-14)13-39-23-11-16-10-18(23)28(36)34(16)15-6-9-22(31-12-15)27(35)33-41(37,38)17-7-8-17/h1-3,6,9,12,14,16-18,23H,4-5,7-8,10-11,13H2,(H,33,35)/t16-,18+,23+/m0/s1. The maximum atomic E-state index is 13.4. The van der Waals surface area contributed by atoms with Crippen LogP contribution in [0.1, 0.15) is 66.3 Å². The van der Waals surface area contributed by atoms with Gasteiger partial charge in [-0.05, 0) is 62.8 Å². The Morgan fingerprint density at radius 3 is 2.49 bits per heavy atom. The molecule has 2 amide bonds. The van der Waals surface area contributed by atoms with Crippen LogP contribution in [0.4, 0.5) is 5.69 Å². The van der Waals surface area contributed by atoms with Crippen LogP contribution in [0.5, 0.6) is 0 Å². The van der Waals surface area contributed by atoms with E-state index < -0.39 is 21.2 Å². The number of anilines is 1. The molecule has 0 unspecified atom stereocenters. The zero-order valence-corrected chi connectivity index (χ0v) is 24.1. The summed E-state index contributed by atoms with van der Waals surface area (Å²) in [7, 11) is -3.67. The molecule has 3 aliphatic carbocycles. The van der Waals surface area contributed by atoms with Crippen molar-refractivity contribution in [2.75, 3.05) is 4.90 Å². The fourth-order valence-electron chi connectivity index (χ4n) is 5.87. The van der Waals surface area contributed by atoms with Crippen LogP contribution in [0.15, 0.2) is 41.1 Å². The van der Waals surface area contributed by atoms with E-state index in [-0.39, 0.29) is 36.3 Å². The number of carbonyl (C=O) groups is 2. The molecule has 1 saturated heterocycles. The first kappa shape index (κ1) is 26.9. The maximum absolute atomic E-state index is 13.4. The molecule has 2 bridgehead atoms. The quantitative estimate of drug-likeness (QED) is 0.361. The molecule has 7 rings (SSSR count). The minimum atomic E-state index is -3.67. The molecule has 3 heterocycles. The molecular weight excluding hydrogens is 591 g/mol. The number of nitrogens with one attached hydrogen (secondary N) is 1. The monoisotopic (exact) mass is 616 g/mol. The van der Waals surface area contributed by atoms with Crippen LogP contribution in [0.2, 0.25) is 10.0 Å². The van der Waals surface area contributed by atoms with E-state index in [0.717, 1.165) is 24.2 Å². The van der Waals surface area contributed by atoms with Gasteiger partial charge in [0.1, 0.15) is 17.1 Å². The minimum Gasteiger partial charge on any atom is -0.372 e. The Morgan fingerprint density at radius 1 is 1.10 bits per heavy atom. The molecule has 4 aliphatic rings. The number of ether oxygens (including phenoxy) is 1. The number of halogens is 2. The number of piperidine rings is 1. The molecule has 214 valence electrons. The van der Waals surface area contributed by atoms with Crippen molar-refractivity contribution in [2.24, 2.45) is 5.92 Å². The van der Waals surface area contributed by atoms with Crippen LogP contribution in [0, 0.1) is 5.92 Å². The SMILES string of the molecule is O=C(NS(=O)(=O)C1CC1)c1ccc(N2C(=O)[C@@H]3C[C@H]2C[C@H]3OCc2c(-c3c(Cl)cccc3Cl)noc2C2CC2)cn1. The first-order valence-corrected chi connectivity index (χ1v) is 15.9. The molecule has 1 aromatic carbocycles. The Hall–Kier alpha value is -2.99. The van der Waals surface area contributed by atoms with E-state index in [1.54, 1.807) is 29.2 Å². The van der Waals surface area contributed by atoms with E-state index in [4.69, 9.17) is 32.5 Å². The largest absolute Gasteiger partial charge is 0.372 e. The van der Waals surface area contributed by atoms with Crippen molar-refractivity contribution in [3.05, 3.63) is 63.6 Å². The number of aromatic nitrogens is 2. The number of hydrogen-bond acceptors (Lipinski definition) is 8. The molecular formula is C28H26Cl2N4O6S. The minimum absolute atomic E-state index is 0.0226. The lowest BCUT2D eigenvalue weighted by Crippen LogP contribution is -2.43. The van der Waals surface area contributed by atoms with E-state index in [2.05, 4.69) is 14.9 Å². The molecule has 2 aromatic heterocycles. The van der Waals surface area contributed by atoms with Gasteiger partial charge in [0.25, 0.3) is 5.91 Å². The topological polar surface area (TPSA) is 132 Å². The van der Waals surface area contributed by atoms with Gasteiger partial charge in [0, 0.05) is 23.1 Å². The molecule has 4 fully saturated rings. The Morgan fingerprint density at radius 2 is 1.85 bits per heavy atom. The summed E-state index contributed by atoms with van der Waals surface area (Å²) in [5, 5.41) is 4.75. The summed E-state index contributed by atoms with van der Waals surface area (Å²) in [5.74, 6) is -0.0817. The summed E-state index contributed by atoms with van der Waals surface area (Å²) in [6.45, 7) is 0.225. The van der Waals surface area contributed by atoms with Gasteiger partial charge in [0.2, 0.25) is 15.9 Å². The summed E-state index contributed by atoms with van der Waals surface area (Å²) in [6.07, 6.45) is 5.60. The summed E-state index contributed by atoms with van der Waals surface area (Å²) in [6, 6.07) is 8.28. The van der Waals surface area contributed by atoms with Crippen LogP contribution in [0.3, 0.4) is 0 Å². The van der Waals surface area contributed by atoms with Gasteiger partial charge < -0.3 is 14.2 Å². The lowest BCUT2D eigenvalue weighted by molar-refractivity contribution is -0.126. The normalized spacial score (nSPS) is 23.8. The van der Waals surface area contributed by atoms with Crippen molar-refractivity contribution in [2.45, 2.75) is 68.4 Å². The Bertz CT molecular complexity index is 1630. The van der Waals surface area contributed by atoms with Crippen LogP contribution >= 0.6 is 23.2 Å². The number of sulfonamides is 1. The fraction of sp³-hybridized carbons (Fsp3) is 0.429. The third-order valence-corrected chi connectivity index (χ3v) is 10.7. The van der Waals surface area contributed by atoms with Crippen LogP contribution in [-0.2, 0) is 26.2 Å². The Kier molecular flexibility index (Phi) is 6.61. The number of hydrogen-bond donors (Lipinski definition) is 1. The van der Waals surface area contributed by atoms with Gasteiger partial charge in [-0.2, -0.15) is 0 Å². The molecule has 3 saturated carbocycles. The predicted octanol–water partition coefficient (Wildman–Crippen LogP) is 4.85. The van der Waals surface area contributed by atoms with Gasteiger partial charge in [-0.1, -0.05) is 34.4 Å². The number of amides is 2. The van der Waals surface area contributed by atoms with Crippen molar-refractivity contribution >= 4 is 50.7 Å². The lowest BCUT2D eigenvalue weighted by atomic mass is 10.0. The van der Waals surface area contributed by atoms with E-state index in [0.29, 0.717) is 58.6 Å². The second-order valence-electron chi connectivity index (χ2n) is 11.1. The highest BCUT2D eigenvalue weighted by Gasteiger charge is 2.52. The van der Waals surface area contributed by atoms with Gasteiger partial charge in [-0.25, -0.2) is 18.1 Å². The summed E-state index contributed by atoms with van der Waals surface area (Å²) < 4.78 is 38.3. The molecule has 41 heavy (non-hydrogen) atoms. The molecule has 1 N–H and O–H groups in total. The van der Waals surface area contributed by atoms with Crippen molar-refractivity contribution in [3.8, 4) is 11.3 Å². The fourth-order valence-corrected chi connectivity index (χ4v) is 7.73. The molecule has 10 nitrogen and oxygen atoms in total. The first-order chi connectivity index (χ1) is 19.7. The molecule has 0 radical (unpaired) electrons. The predicted molar refractivity (Wildman–Crippen MR) is 150 cm³/mol. The smallest absolute Gasteiger partial charge is 0.283 e. The third-order valence-electron chi connectivity index (χ3n) is 8.26. The van der Waals surface area contributed by atoms with Crippen LogP contribution in [0.25, 0.3) is 11.3 Å². The first-order valence-electron chi connectivity index (χ1n) is 13.6. The van der Waals surface area contributed by atoms with Crippen molar-refractivity contribution in [1.29, 1.82) is 0 Å². The van der Waals surface area contributed by atoms with Gasteiger partial charge >= 0.3 is 0 Å². The summed E-state index contributed by atoms with van der Waals surface area (Å²) in [4.78, 5) is 31.6. The Labute approximate surface area is 246 Å². The molecule has 3 atom stereocenters. The zero-order chi connectivity index (χ0) is 28.5. The van der Waals surface area contributed by atoms with E-state index in [9.17, 15) is 18.0 Å². The van der Waals surface area contributed by atoms with E-state index >= 15 is 0 Å². The van der Waals surface area contributed by atoms with Crippen LogP contribution < -0.4 is 9.62 Å². The second kappa shape index (κ2) is 10.1. The Balaban J connectivity index is 1.04. The lowest BCUT2D eigenvalue weighted by Gasteiger charge is -2.31. The average molecular weight is 618 g/mol. The summed E-state index contributed by atoms with van der Waals surface area (Å²) in [5.41, 5.74) is 2.53. The number of rotatable bonds is 9. The zero-order valence-electron chi connectivity index (χ0n) is 21.8. The highest BCUT2D eigenvalue weighted by Crippen LogP contribution is 2.47. The number of nitrogens with zero attached hydrogens (tertiary/aromatic N) is 3. The molecule has 13 heteroatoms. The second-order valence-corrected chi connectivity index (χ2v) is 13.9. The van der Waals surface area contributed by atoms with Gasteiger partial charge in [-0.15, -0.1) is 0 Å². The highest BCUT2D eigenvalue weighted by atomic mass is 35.5. The average Bonchev–Trinajstić information content (AvgIpc) is 3.87.